The van der Waals surface area contributed by atoms with E-state index in [1.165, 1.54) is 0 Å². The summed E-state index contributed by atoms with van der Waals surface area (Å²) in [6, 6.07) is 8.63. The van der Waals surface area contributed by atoms with Gasteiger partial charge in [0.1, 0.15) is 5.75 Å². The summed E-state index contributed by atoms with van der Waals surface area (Å²) >= 11 is 0. The Morgan fingerprint density at radius 1 is 1.19 bits per heavy atom. The highest BCUT2D eigenvalue weighted by Crippen LogP contribution is 2.18. The molecule has 0 saturated carbocycles. The van der Waals surface area contributed by atoms with Crippen LogP contribution in [0, 0.1) is 0 Å². The van der Waals surface area contributed by atoms with Crippen LogP contribution >= 0.6 is 0 Å². The van der Waals surface area contributed by atoms with Gasteiger partial charge >= 0.3 is 10.1 Å². The van der Waals surface area contributed by atoms with Gasteiger partial charge in [0.2, 0.25) is 0 Å². The molecule has 0 aliphatic carbocycles. The quantitative estimate of drug-likeness (QED) is 0.720. The van der Waals surface area contributed by atoms with Crippen LogP contribution in [0.3, 0.4) is 0 Å². The molecule has 0 aliphatic heterocycles. The fourth-order valence-corrected chi connectivity index (χ4v) is 3.00. The first-order chi connectivity index (χ1) is 7.60. The van der Waals surface area contributed by atoms with Gasteiger partial charge < -0.3 is 4.18 Å². The zero-order valence-electron chi connectivity index (χ0n) is 9.72. The molecule has 1 atom stereocenters. The van der Waals surface area contributed by atoms with Crippen molar-refractivity contribution in [2.75, 3.05) is 0 Å². The smallest absolute Gasteiger partial charge is 0.312 e. The summed E-state index contributed by atoms with van der Waals surface area (Å²) in [7, 11) is -3.49. The standard InChI is InChI=1S/C12H18O3S/c1-3-8-12(4-2)16(13,14)15-11-9-6-5-7-10-11/h5-7,9-10,12H,3-4,8H2,1-2H3. The molecule has 1 aromatic carbocycles. The van der Waals surface area contributed by atoms with Crippen molar-refractivity contribution in [1.29, 1.82) is 0 Å². The first kappa shape index (κ1) is 13.0. The molecule has 1 rings (SSSR count). The lowest BCUT2D eigenvalue weighted by atomic mass is 10.2. The van der Waals surface area contributed by atoms with Crippen molar-refractivity contribution >= 4 is 10.1 Å². The Labute approximate surface area is 97.6 Å². The Morgan fingerprint density at radius 3 is 2.31 bits per heavy atom. The van der Waals surface area contributed by atoms with E-state index in [2.05, 4.69) is 0 Å². The van der Waals surface area contributed by atoms with Crippen molar-refractivity contribution in [3.8, 4) is 5.75 Å². The SMILES string of the molecule is CCCC(CC)S(=O)(=O)Oc1ccccc1. The van der Waals surface area contributed by atoms with Crippen molar-refractivity contribution in [2.45, 2.75) is 38.4 Å². The number of hydrogen-bond donors (Lipinski definition) is 0. The maximum absolute atomic E-state index is 11.9. The first-order valence-electron chi connectivity index (χ1n) is 5.58. The van der Waals surface area contributed by atoms with E-state index in [1.54, 1.807) is 24.3 Å². The Hall–Kier alpha value is -1.03. The predicted octanol–water partition coefficient (Wildman–Crippen LogP) is 2.97. The molecule has 0 aromatic heterocycles. The molecule has 0 radical (unpaired) electrons. The molecule has 0 N–H and O–H groups in total. The summed E-state index contributed by atoms with van der Waals surface area (Å²) in [6.45, 7) is 3.84. The van der Waals surface area contributed by atoms with Gasteiger partial charge in [0, 0.05) is 0 Å². The zero-order chi connectivity index (χ0) is 12.0. The summed E-state index contributed by atoms with van der Waals surface area (Å²) in [5.41, 5.74) is 0. The van der Waals surface area contributed by atoms with Crippen molar-refractivity contribution in [3.63, 3.8) is 0 Å². The molecule has 0 spiro atoms. The van der Waals surface area contributed by atoms with E-state index >= 15 is 0 Å². The minimum atomic E-state index is -3.49. The molecular formula is C12H18O3S. The van der Waals surface area contributed by atoms with Crippen LogP contribution in [0.15, 0.2) is 30.3 Å². The number of benzene rings is 1. The second-order valence-electron chi connectivity index (χ2n) is 3.71. The summed E-state index contributed by atoms with van der Waals surface area (Å²) < 4.78 is 28.9. The highest BCUT2D eigenvalue weighted by atomic mass is 32.2. The van der Waals surface area contributed by atoms with Crippen LogP contribution in [0.2, 0.25) is 0 Å². The highest BCUT2D eigenvalue weighted by molar-refractivity contribution is 7.87. The molecule has 0 heterocycles. The Bertz CT molecular complexity index is 398. The normalized spacial score (nSPS) is 13.4. The lowest BCUT2D eigenvalue weighted by Crippen LogP contribution is -2.25. The van der Waals surface area contributed by atoms with Gasteiger partial charge in [0.15, 0.2) is 0 Å². The van der Waals surface area contributed by atoms with Crippen LogP contribution in [0.25, 0.3) is 0 Å². The fourth-order valence-electron chi connectivity index (χ4n) is 1.55. The van der Waals surface area contributed by atoms with Crippen LogP contribution in [0.4, 0.5) is 0 Å². The molecule has 3 nitrogen and oxygen atoms in total. The van der Waals surface area contributed by atoms with Gasteiger partial charge in [0.25, 0.3) is 0 Å². The van der Waals surface area contributed by atoms with E-state index in [1.807, 2.05) is 19.9 Å². The van der Waals surface area contributed by atoms with Crippen LogP contribution < -0.4 is 4.18 Å². The zero-order valence-corrected chi connectivity index (χ0v) is 10.5. The summed E-state index contributed by atoms with van der Waals surface area (Å²) in [5.74, 6) is 0.386. The van der Waals surface area contributed by atoms with Crippen molar-refractivity contribution < 1.29 is 12.6 Å². The third-order valence-corrected chi connectivity index (χ3v) is 4.24. The van der Waals surface area contributed by atoms with Gasteiger partial charge in [-0.15, -0.1) is 0 Å². The monoisotopic (exact) mass is 242 g/mol. The number of rotatable bonds is 6. The lowest BCUT2D eigenvalue weighted by molar-refractivity contribution is 0.462. The van der Waals surface area contributed by atoms with Crippen molar-refractivity contribution in [1.82, 2.24) is 0 Å². The highest BCUT2D eigenvalue weighted by Gasteiger charge is 2.24. The second kappa shape index (κ2) is 5.89. The van der Waals surface area contributed by atoms with Gasteiger partial charge in [-0.05, 0) is 25.0 Å². The van der Waals surface area contributed by atoms with E-state index in [9.17, 15) is 8.42 Å². The minimum Gasteiger partial charge on any atom is -0.382 e. The summed E-state index contributed by atoms with van der Waals surface area (Å²) in [5, 5.41) is -0.405. The number of para-hydroxylation sites is 1. The summed E-state index contributed by atoms with van der Waals surface area (Å²) in [6.07, 6.45) is 2.07. The van der Waals surface area contributed by atoms with Crippen LogP contribution in [0.1, 0.15) is 33.1 Å². The molecule has 0 aliphatic rings. The van der Waals surface area contributed by atoms with E-state index in [0.717, 1.165) is 6.42 Å². The molecule has 0 fully saturated rings. The third kappa shape index (κ3) is 3.52. The van der Waals surface area contributed by atoms with Crippen molar-refractivity contribution in [3.05, 3.63) is 30.3 Å². The van der Waals surface area contributed by atoms with Gasteiger partial charge in [-0.2, -0.15) is 8.42 Å². The Balaban J connectivity index is 2.78. The van der Waals surface area contributed by atoms with Gasteiger partial charge in [-0.25, -0.2) is 0 Å². The molecule has 0 amide bonds. The molecule has 4 heteroatoms. The third-order valence-electron chi connectivity index (χ3n) is 2.43. The molecule has 0 bridgehead atoms. The topological polar surface area (TPSA) is 43.4 Å². The maximum Gasteiger partial charge on any atom is 0.312 e. The first-order valence-corrected chi connectivity index (χ1v) is 7.05. The van der Waals surface area contributed by atoms with E-state index in [0.29, 0.717) is 18.6 Å². The molecule has 16 heavy (non-hydrogen) atoms. The van der Waals surface area contributed by atoms with Gasteiger partial charge in [-0.1, -0.05) is 38.5 Å². The van der Waals surface area contributed by atoms with Crippen molar-refractivity contribution in [2.24, 2.45) is 0 Å². The van der Waals surface area contributed by atoms with E-state index in [-0.39, 0.29) is 0 Å². The Morgan fingerprint density at radius 2 is 1.81 bits per heavy atom. The lowest BCUT2D eigenvalue weighted by Gasteiger charge is -2.15. The predicted molar refractivity (Wildman–Crippen MR) is 65.0 cm³/mol. The van der Waals surface area contributed by atoms with Gasteiger partial charge in [-0.3, -0.25) is 0 Å². The molecular weight excluding hydrogens is 224 g/mol. The molecule has 1 aromatic rings. The average molecular weight is 242 g/mol. The largest absolute Gasteiger partial charge is 0.382 e. The number of hydrogen-bond acceptors (Lipinski definition) is 3. The van der Waals surface area contributed by atoms with Crippen LogP contribution in [-0.4, -0.2) is 13.7 Å². The molecule has 0 saturated heterocycles. The second-order valence-corrected chi connectivity index (χ2v) is 5.53. The molecule has 1 unspecified atom stereocenters. The fraction of sp³-hybridized carbons (Fsp3) is 0.500. The van der Waals surface area contributed by atoms with E-state index in [4.69, 9.17) is 4.18 Å². The average Bonchev–Trinajstić information content (AvgIpc) is 2.26. The van der Waals surface area contributed by atoms with Crippen LogP contribution in [-0.2, 0) is 10.1 Å². The molecule has 90 valence electrons. The summed E-state index contributed by atoms with van der Waals surface area (Å²) in [4.78, 5) is 0. The maximum atomic E-state index is 11.9. The Kier molecular flexibility index (Phi) is 4.80. The minimum absolute atomic E-state index is 0.386. The van der Waals surface area contributed by atoms with Gasteiger partial charge in [0.05, 0.1) is 5.25 Å². The van der Waals surface area contributed by atoms with E-state index < -0.39 is 15.4 Å². The van der Waals surface area contributed by atoms with Crippen LogP contribution in [0.5, 0.6) is 5.75 Å².